The second kappa shape index (κ2) is 10.5. The van der Waals surface area contributed by atoms with Crippen LogP contribution in [0.2, 0.25) is 0 Å². The lowest BCUT2D eigenvalue weighted by Crippen LogP contribution is -2.29. The Bertz CT molecular complexity index is 962. The van der Waals surface area contributed by atoms with Crippen molar-refractivity contribution in [3.8, 4) is 17.2 Å². The fourth-order valence-electron chi connectivity index (χ4n) is 4.28. The smallest absolute Gasteiger partial charge is 0.311 e. The summed E-state index contributed by atoms with van der Waals surface area (Å²) in [6.45, 7) is 8.52. The van der Waals surface area contributed by atoms with Gasteiger partial charge in [0, 0.05) is 5.92 Å². The Morgan fingerprint density at radius 3 is 2.24 bits per heavy atom. The van der Waals surface area contributed by atoms with E-state index < -0.39 is 5.41 Å². The largest absolute Gasteiger partial charge is 0.496 e. The molecule has 1 aliphatic rings. The van der Waals surface area contributed by atoms with Gasteiger partial charge in [0.25, 0.3) is 0 Å². The third-order valence-corrected chi connectivity index (χ3v) is 6.20. The lowest BCUT2D eigenvalue weighted by atomic mass is 9.83. The molecule has 0 aliphatic carbocycles. The molecule has 1 aliphatic heterocycles. The van der Waals surface area contributed by atoms with Gasteiger partial charge >= 0.3 is 5.97 Å². The highest BCUT2D eigenvalue weighted by atomic mass is 16.5. The van der Waals surface area contributed by atoms with Crippen LogP contribution in [-0.2, 0) is 20.7 Å². The van der Waals surface area contributed by atoms with Crippen LogP contribution in [0, 0.1) is 24.2 Å². The Kier molecular flexibility index (Phi) is 7.90. The topological polar surface area (TPSA) is 63.2 Å². The molecule has 0 bridgehead atoms. The number of benzene rings is 2. The van der Waals surface area contributed by atoms with Crippen molar-refractivity contribution in [3.05, 3.63) is 53.1 Å². The van der Waals surface area contributed by atoms with E-state index in [1.54, 1.807) is 21.3 Å². The average molecular weight is 457 g/mol. The Morgan fingerprint density at radius 2 is 1.64 bits per heavy atom. The summed E-state index contributed by atoms with van der Waals surface area (Å²) < 4.78 is 28.3. The van der Waals surface area contributed by atoms with Crippen LogP contribution in [0.1, 0.15) is 43.6 Å². The van der Waals surface area contributed by atoms with Crippen LogP contribution in [0.4, 0.5) is 0 Å². The molecule has 0 unspecified atom stereocenters. The van der Waals surface area contributed by atoms with Crippen molar-refractivity contribution in [3.63, 3.8) is 0 Å². The summed E-state index contributed by atoms with van der Waals surface area (Å²) in [5.74, 6) is 2.25. The van der Waals surface area contributed by atoms with Crippen molar-refractivity contribution in [1.29, 1.82) is 0 Å². The van der Waals surface area contributed by atoms with Gasteiger partial charge in [-0.25, -0.2) is 0 Å². The predicted molar refractivity (Wildman–Crippen MR) is 127 cm³/mol. The van der Waals surface area contributed by atoms with Gasteiger partial charge in [-0.1, -0.05) is 12.1 Å². The van der Waals surface area contributed by atoms with E-state index in [-0.39, 0.29) is 23.9 Å². The minimum atomic E-state index is -0.551. The van der Waals surface area contributed by atoms with Crippen LogP contribution in [0.15, 0.2) is 36.4 Å². The number of hydrogen-bond donors (Lipinski definition) is 0. The molecule has 6 heteroatoms. The summed E-state index contributed by atoms with van der Waals surface area (Å²) in [4.78, 5) is 12.5. The number of hydrogen-bond acceptors (Lipinski definition) is 6. The molecule has 6 nitrogen and oxygen atoms in total. The first-order valence-electron chi connectivity index (χ1n) is 11.3. The molecule has 3 atom stereocenters. The minimum absolute atomic E-state index is 0.0252. The van der Waals surface area contributed by atoms with Crippen molar-refractivity contribution in [2.75, 3.05) is 34.5 Å². The fraction of sp³-hybridized carbons (Fsp3) is 0.519. The Balaban J connectivity index is 1.85. The van der Waals surface area contributed by atoms with E-state index in [1.165, 1.54) is 0 Å². The molecule has 0 saturated carbocycles. The van der Waals surface area contributed by atoms with E-state index in [9.17, 15) is 4.79 Å². The van der Waals surface area contributed by atoms with Crippen LogP contribution in [0.25, 0.3) is 0 Å². The highest BCUT2D eigenvalue weighted by Crippen LogP contribution is 2.42. The summed E-state index contributed by atoms with van der Waals surface area (Å²) in [6, 6.07) is 12.1. The molecule has 1 fully saturated rings. The second-order valence-corrected chi connectivity index (χ2v) is 9.65. The normalized spacial score (nSPS) is 20.4. The summed E-state index contributed by atoms with van der Waals surface area (Å²) >= 11 is 0. The monoisotopic (exact) mass is 456 g/mol. The Labute approximate surface area is 197 Å². The molecule has 1 saturated heterocycles. The summed E-state index contributed by atoms with van der Waals surface area (Å²) in [7, 11) is 4.93. The van der Waals surface area contributed by atoms with Crippen LogP contribution in [0.5, 0.6) is 17.2 Å². The predicted octanol–water partition coefficient (Wildman–Crippen LogP) is 5.16. The van der Waals surface area contributed by atoms with Crippen LogP contribution in [0.3, 0.4) is 0 Å². The van der Waals surface area contributed by atoms with Gasteiger partial charge in [0.1, 0.15) is 5.75 Å². The number of aryl methyl sites for hydroxylation is 1. The summed E-state index contributed by atoms with van der Waals surface area (Å²) in [6.07, 6.45) is 0.622. The maximum absolute atomic E-state index is 12.5. The van der Waals surface area contributed by atoms with E-state index in [0.717, 1.165) is 28.9 Å². The first-order chi connectivity index (χ1) is 15.7. The zero-order valence-electron chi connectivity index (χ0n) is 20.8. The molecule has 0 amide bonds. The molecule has 0 N–H and O–H groups in total. The zero-order chi connectivity index (χ0) is 24.2. The van der Waals surface area contributed by atoms with E-state index >= 15 is 0 Å². The first kappa shape index (κ1) is 24.9. The fourth-order valence-corrected chi connectivity index (χ4v) is 4.28. The Hall–Kier alpha value is -2.73. The van der Waals surface area contributed by atoms with Crippen molar-refractivity contribution in [2.45, 2.75) is 40.2 Å². The molecular weight excluding hydrogens is 420 g/mol. The lowest BCUT2D eigenvalue weighted by Gasteiger charge is -2.26. The van der Waals surface area contributed by atoms with Gasteiger partial charge in [-0.05, 0) is 81.0 Å². The number of ether oxygens (including phenoxy) is 5. The van der Waals surface area contributed by atoms with Gasteiger partial charge in [-0.15, -0.1) is 0 Å². The SMILES string of the molecule is COc1ccc([C@H]2OC[C@H](Cc3ccc(OC)c(OC)c3)[C@@H]2COC(=O)C(C)(C)C)cc1C. The van der Waals surface area contributed by atoms with Crippen LogP contribution in [-0.4, -0.2) is 40.5 Å². The number of rotatable bonds is 8. The van der Waals surface area contributed by atoms with Crippen molar-refractivity contribution in [2.24, 2.45) is 17.3 Å². The highest BCUT2D eigenvalue weighted by Gasteiger charge is 2.40. The van der Waals surface area contributed by atoms with Gasteiger partial charge in [0.2, 0.25) is 0 Å². The van der Waals surface area contributed by atoms with Crippen LogP contribution >= 0.6 is 0 Å². The molecule has 0 aromatic heterocycles. The molecule has 180 valence electrons. The van der Waals surface area contributed by atoms with Gasteiger partial charge in [-0.3, -0.25) is 4.79 Å². The van der Waals surface area contributed by atoms with E-state index in [1.807, 2.05) is 58.0 Å². The Morgan fingerprint density at radius 1 is 0.970 bits per heavy atom. The van der Waals surface area contributed by atoms with E-state index in [2.05, 4.69) is 6.07 Å². The van der Waals surface area contributed by atoms with Gasteiger partial charge in [0.05, 0.1) is 46.1 Å². The molecule has 3 rings (SSSR count). The zero-order valence-corrected chi connectivity index (χ0v) is 20.8. The number of carbonyl (C=O) groups excluding carboxylic acids is 1. The maximum Gasteiger partial charge on any atom is 0.311 e. The van der Waals surface area contributed by atoms with Crippen molar-refractivity contribution in [1.82, 2.24) is 0 Å². The molecule has 2 aromatic rings. The van der Waals surface area contributed by atoms with E-state index in [4.69, 9.17) is 23.7 Å². The van der Waals surface area contributed by atoms with Gasteiger partial charge < -0.3 is 23.7 Å². The highest BCUT2D eigenvalue weighted by molar-refractivity contribution is 5.75. The maximum atomic E-state index is 12.5. The van der Waals surface area contributed by atoms with Gasteiger partial charge in [0.15, 0.2) is 11.5 Å². The quantitative estimate of drug-likeness (QED) is 0.512. The average Bonchev–Trinajstić information content (AvgIpc) is 3.18. The number of esters is 1. The molecule has 2 aromatic carbocycles. The lowest BCUT2D eigenvalue weighted by molar-refractivity contribution is -0.155. The molecule has 0 radical (unpaired) electrons. The first-order valence-corrected chi connectivity index (χ1v) is 11.3. The molecule has 0 spiro atoms. The standard InChI is InChI=1S/C27H36O6/c1-17-12-19(9-11-22(17)29-5)25-21(16-33-26(28)27(2,3)4)20(15-32-25)13-18-8-10-23(30-6)24(14-18)31-7/h8-12,14,20-21,25H,13,15-16H2,1-7H3/t20-,21-,25+/m0/s1. The molecule has 1 heterocycles. The summed E-state index contributed by atoms with van der Waals surface area (Å²) in [5, 5.41) is 0. The third-order valence-electron chi connectivity index (χ3n) is 6.20. The number of carbonyl (C=O) groups is 1. The van der Waals surface area contributed by atoms with Gasteiger partial charge in [-0.2, -0.15) is 0 Å². The van der Waals surface area contributed by atoms with E-state index in [0.29, 0.717) is 24.7 Å². The molecule has 33 heavy (non-hydrogen) atoms. The van der Waals surface area contributed by atoms with Crippen LogP contribution < -0.4 is 14.2 Å². The van der Waals surface area contributed by atoms with Crippen molar-refractivity contribution >= 4 is 5.97 Å². The minimum Gasteiger partial charge on any atom is -0.496 e. The van der Waals surface area contributed by atoms with Crippen molar-refractivity contribution < 1.29 is 28.5 Å². The molecular formula is C27H36O6. The second-order valence-electron chi connectivity index (χ2n) is 9.65. The number of methoxy groups -OCH3 is 3. The summed E-state index contributed by atoms with van der Waals surface area (Å²) in [5.41, 5.74) is 2.69. The third kappa shape index (κ3) is 5.80.